The first-order chi connectivity index (χ1) is 6.15. The fourth-order valence-corrected chi connectivity index (χ4v) is 0.935. The molecule has 1 N–H and O–H groups in total. The summed E-state index contributed by atoms with van der Waals surface area (Å²) in [6.45, 7) is 2.23. The predicted molar refractivity (Wildman–Crippen MR) is 43.6 cm³/mol. The molecule has 0 fully saturated rings. The van der Waals surface area contributed by atoms with Gasteiger partial charge >= 0.3 is 29.6 Å². The maximum atomic E-state index is 10.5. The number of phenols is 1. The van der Waals surface area contributed by atoms with Crippen LogP contribution in [0.25, 0.3) is 0 Å². The van der Waals surface area contributed by atoms with Crippen LogP contribution in [0, 0.1) is 0 Å². The summed E-state index contributed by atoms with van der Waals surface area (Å²) in [6.07, 6.45) is 0. The smallest absolute Gasteiger partial charge is 0.545 e. The van der Waals surface area contributed by atoms with Gasteiger partial charge in [0, 0.05) is 5.56 Å². The van der Waals surface area contributed by atoms with Gasteiger partial charge in [-0.1, -0.05) is 0 Å². The van der Waals surface area contributed by atoms with Crippen LogP contribution in [0.5, 0.6) is 11.5 Å². The summed E-state index contributed by atoms with van der Waals surface area (Å²) in [5.74, 6) is -1.33. The Labute approximate surface area is 104 Å². The minimum absolute atomic E-state index is 0. The van der Waals surface area contributed by atoms with Crippen molar-refractivity contribution < 1.29 is 49.3 Å². The Balaban J connectivity index is 0.00000169. The number of rotatable bonds is 3. The van der Waals surface area contributed by atoms with Crippen LogP contribution in [0.15, 0.2) is 18.2 Å². The van der Waals surface area contributed by atoms with Gasteiger partial charge in [0.15, 0.2) is 0 Å². The first-order valence-electron chi connectivity index (χ1n) is 3.82. The zero-order valence-electron chi connectivity index (χ0n) is 8.11. The second kappa shape index (κ2) is 5.90. The Kier molecular flexibility index (Phi) is 5.60. The van der Waals surface area contributed by atoms with Gasteiger partial charge in [-0.15, -0.1) is 0 Å². The molecule has 0 aliphatic carbocycles. The molecule has 0 radical (unpaired) electrons. The van der Waals surface area contributed by atoms with Crippen LogP contribution in [0.2, 0.25) is 0 Å². The molecule has 0 aromatic heterocycles. The molecule has 0 aliphatic heterocycles. The third-order valence-corrected chi connectivity index (χ3v) is 1.50. The van der Waals surface area contributed by atoms with E-state index in [1.807, 2.05) is 0 Å². The summed E-state index contributed by atoms with van der Waals surface area (Å²) in [5.41, 5.74) is -0.258. The summed E-state index contributed by atoms with van der Waals surface area (Å²) < 4.78 is 5.05. The molecule has 0 saturated carbocycles. The number of carboxylic acid groups (broad SMARTS) is 1. The van der Waals surface area contributed by atoms with Gasteiger partial charge in [0.05, 0.1) is 12.6 Å². The minimum atomic E-state index is -1.42. The number of aromatic hydroxyl groups is 1. The van der Waals surface area contributed by atoms with Crippen molar-refractivity contribution in [3.8, 4) is 11.5 Å². The Hall–Kier alpha value is -0.710. The fraction of sp³-hybridized carbons (Fsp3) is 0.222. The van der Waals surface area contributed by atoms with E-state index in [-0.39, 0.29) is 40.9 Å². The molecule has 0 unspecified atom stereocenters. The Morgan fingerprint density at radius 1 is 1.57 bits per heavy atom. The van der Waals surface area contributed by atoms with E-state index < -0.39 is 5.97 Å². The largest absolute Gasteiger partial charge is 1.00 e. The van der Waals surface area contributed by atoms with Crippen molar-refractivity contribution in [2.45, 2.75) is 6.92 Å². The Morgan fingerprint density at radius 2 is 2.21 bits per heavy atom. The van der Waals surface area contributed by atoms with Crippen molar-refractivity contribution in [1.82, 2.24) is 0 Å². The van der Waals surface area contributed by atoms with Crippen LogP contribution in [-0.4, -0.2) is 17.7 Å². The Morgan fingerprint density at radius 3 is 2.71 bits per heavy atom. The molecule has 14 heavy (non-hydrogen) atoms. The molecule has 0 bridgehead atoms. The molecule has 1 rings (SSSR count). The quantitative estimate of drug-likeness (QED) is 0.538. The summed E-state index contributed by atoms with van der Waals surface area (Å²) in [4.78, 5) is 10.5. The molecule has 1 aromatic rings. The van der Waals surface area contributed by atoms with Crippen molar-refractivity contribution in [1.29, 1.82) is 0 Å². The number of carbonyl (C=O) groups excluding carboxylic acids is 1. The number of carbonyl (C=O) groups is 1. The monoisotopic (exact) mass is 204 g/mol. The van der Waals surface area contributed by atoms with E-state index >= 15 is 0 Å². The average molecular weight is 204 g/mol. The molecule has 0 atom stereocenters. The van der Waals surface area contributed by atoms with Crippen LogP contribution in [0.1, 0.15) is 17.3 Å². The summed E-state index contributed by atoms with van der Waals surface area (Å²) in [6, 6.07) is 3.98. The van der Waals surface area contributed by atoms with Gasteiger partial charge in [0.2, 0.25) is 0 Å². The van der Waals surface area contributed by atoms with Gasteiger partial charge in [-0.05, 0) is 25.1 Å². The molecule has 0 heterocycles. The molecule has 4 nitrogen and oxygen atoms in total. The molecular formula is C9H9NaO4. The van der Waals surface area contributed by atoms with Crippen molar-refractivity contribution in [3.05, 3.63) is 23.8 Å². The first kappa shape index (κ1) is 13.3. The van der Waals surface area contributed by atoms with E-state index in [9.17, 15) is 9.90 Å². The van der Waals surface area contributed by atoms with E-state index in [0.717, 1.165) is 0 Å². The van der Waals surface area contributed by atoms with Crippen LogP contribution in [-0.2, 0) is 0 Å². The van der Waals surface area contributed by atoms with Crippen LogP contribution >= 0.6 is 0 Å². The number of hydrogen-bond acceptors (Lipinski definition) is 4. The van der Waals surface area contributed by atoms with Gasteiger partial charge < -0.3 is 19.7 Å². The van der Waals surface area contributed by atoms with Gasteiger partial charge in [-0.3, -0.25) is 0 Å². The minimum Gasteiger partial charge on any atom is -0.545 e. The van der Waals surface area contributed by atoms with Gasteiger partial charge in [0.1, 0.15) is 11.5 Å². The van der Waals surface area contributed by atoms with Gasteiger partial charge in [-0.25, -0.2) is 0 Å². The van der Waals surface area contributed by atoms with E-state index in [1.165, 1.54) is 18.2 Å². The molecule has 0 saturated heterocycles. The molecule has 1 aromatic carbocycles. The summed E-state index contributed by atoms with van der Waals surface area (Å²) in [5, 5.41) is 19.5. The average Bonchev–Trinajstić information content (AvgIpc) is 2.08. The molecule has 0 aliphatic rings. The maximum Gasteiger partial charge on any atom is 1.00 e. The molecule has 5 heteroatoms. The number of carboxylic acids is 1. The molecule has 0 amide bonds. The topological polar surface area (TPSA) is 69.6 Å². The van der Waals surface area contributed by atoms with Gasteiger partial charge in [0.25, 0.3) is 0 Å². The predicted octanol–water partition coefficient (Wildman–Crippen LogP) is -2.84. The third-order valence-electron chi connectivity index (χ3n) is 1.50. The van der Waals surface area contributed by atoms with E-state index in [4.69, 9.17) is 9.84 Å². The van der Waals surface area contributed by atoms with E-state index in [2.05, 4.69) is 0 Å². The van der Waals surface area contributed by atoms with Crippen molar-refractivity contribution in [2.75, 3.05) is 6.61 Å². The molecule has 70 valence electrons. The molecule has 0 spiro atoms. The number of aromatic carboxylic acids is 1. The van der Waals surface area contributed by atoms with E-state index in [0.29, 0.717) is 12.4 Å². The zero-order valence-corrected chi connectivity index (χ0v) is 10.1. The number of ether oxygens (including phenoxy) is 1. The summed E-state index contributed by atoms with van der Waals surface area (Å²) in [7, 11) is 0. The van der Waals surface area contributed by atoms with Crippen molar-refractivity contribution in [3.63, 3.8) is 0 Å². The third kappa shape index (κ3) is 3.21. The second-order valence-electron chi connectivity index (χ2n) is 2.40. The Bertz CT molecular complexity index is 325. The van der Waals surface area contributed by atoms with Crippen LogP contribution in [0.4, 0.5) is 0 Å². The van der Waals surface area contributed by atoms with Crippen molar-refractivity contribution in [2.24, 2.45) is 0 Å². The zero-order chi connectivity index (χ0) is 9.84. The standard InChI is InChI=1S/C9H10O4.Na/c1-2-13-6-3-4-8(10)7(5-6)9(11)12;/h3-5,10H,2H2,1H3,(H,11,12);/q;+1/p-1. The summed E-state index contributed by atoms with van der Waals surface area (Å²) >= 11 is 0. The molecular weight excluding hydrogens is 195 g/mol. The first-order valence-corrected chi connectivity index (χ1v) is 3.82. The fourth-order valence-electron chi connectivity index (χ4n) is 0.935. The second-order valence-corrected chi connectivity index (χ2v) is 2.40. The van der Waals surface area contributed by atoms with Crippen molar-refractivity contribution >= 4 is 5.97 Å². The van der Waals surface area contributed by atoms with Crippen LogP contribution < -0.4 is 39.4 Å². The number of benzene rings is 1. The van der Waals surface area contributed by atoms with Gasteiger partial charge in [-0.2, -0.15) is 0 Å². The van der Waals surface area contributed by atoms with E-state index in [1.54, 1.807) is 6.92 Å². The maximum absolute atomic E-state index is 10.5. The number of hydrogen-bond donors (Lipinski definition) is 1. The van der Waals surface area contributed by atoms with Crippen LogP contribution in [0.3, 0.4) is 0 Å². The normalized spacial score (nSPS) is 8.93. The SMILES string of the molecule is CCOc1ccc(O)c(C(=O)[O-])c1.[Na+].